The number of aromatic nitrogens is 2. The number of hydrogen-bond donors (Lipinski definition) is 3. The molecule has 2 rings (SSSR count). The predicted octanol–water partition coefficient (Wildman–Crippen LogP) is -0.295. The fourth-order valence-corrected chi connectivity index (χ4v) is 1.91. The zero-order valence-electron chi connectivity index (χ0n) is 9.09. The normalized spacial score (nSPS) is 20.3. The van der Waals surface area contributed by atoms with Gasteiger partial charge in [-0.25, -0.2) is 9.78 Å². The number of aliphatic hydroxyl groups is 1. The van der Waals surface area contributed by atoms with Crippen LogP contribution >= 0.6 is 0 Å². The molecule has 0 saturated carbocycles. The zero-order chi connectivity index (χ0) is 12.4. The van der Waals surface area contributed by atoms with Gasteiger partial charge in [0, 0.05) is 13.1 Å². The number of β-amino-alcohol motifs (C(OH)–C–C–N with tert-alkyl or cyclic N) is 1. The lowest BCUT2D eigenvalue weighted by Gasteiger charge is -2.29. The van der Waals surface area contributed by atoms with Gasteiger partial charge in [0.1, 0.15) is 0 Å². The van der Waals surface area contributed by atoms with E-state index < -0.39 is 18.0 Å². The predicted molar refractivity (Wildman–Crippen MR) is 56.7 cm³/mol. The first-order chi connectivity index (χ1) is 8.09. The molecule has 1 aliphatic heterocycles. The molecular formula is C10H13N3O4. The summed E-state index contributed by atoms with van der Waals surface area (Å²) in [5.41, 5.74) is -0.318. The summed E-state index contributed by atoms with van der Waals surface area (Å²) in [7, 11) is 0. The summed E-state index contributed by atoms with van der Waals surface area (Å²) >= 11 is 0. The van der Waals surface area contributed by atoms with Crippen molar-refractivity contribution < 1.29 is 19.8 Å². The van der Waals surface area contributed by atoms with Gasteiger partial charge in [-0.05, 0) is 12.8 Å². The average molecular weight is 239 g/mol. The highest BCUT2D eigenvalue weighted by Gasteiger charge is 2.28. The van der Waals surface area contributed by atoms with Crippen LogP contribution in [0.3, 0.4) is 0 Å². The number of carbonyl (C=O) groups excluding carboxylic acids is 1. The number of H-pyrrole nitrogens is 1. The standard InChI is InChI=1S/C10H13N3O4/c14-6-2-1-3-13(4-6)9(15)7-8(10(16)17)12-5-11-7/h5-6,14H,1-4H2,(H,11,12)(H,16,17). The van der Waals surface area contributed by atoms with Gasteiger partial charge in [-0.15, -0.1) is 0 Å². The van der Waals surface area contributed by atoms with Crippen molar-refractivity contribution >= 4 is 11.9 Å². The van der Waals surface area contributed by atoms with E-state index in [2.05, 4.69) is 9.97 Å². The van der Waals surface area contributed by atoms with Crippen molar-refractivity contribution in [2.45, 2.75) is 18.9 Å². The molecule has 3 N–H and O–H groups in total. The van der Waals surface area contributed by atoms with Crippen LogP contribution in [-0.4, -0.2) is 56.2 Å². The van der Waals surface area contributed by atoms with E-state index in [1.807, 2.05) is 0 Å². The molecule has 0 aromatic carbocycles. The Hall–Kier alpha value is -1.89. The highest BCUT2D eigenvalue weighted by atomic mass is 16.4. The van der Waals surface area contributed by atoms with E-state index in [-0.39, 0.29) is 17.9 Å². The van der Waals surface area contributed by atoms with Crippen molar-refractivity contribution in [3.05, 3.63) is 17.7 Å². The molecule has 1 fully saturated rings. The largest absolute Gasteiger partial charge is 0.477 e. The molecule has 0 spiro atoms. The number of nitrogens with zero attached hydrogens (tertiary/aromatic N) is 2. The number of hydrogen-bond acceptors (Lipinski definition) is 4. The Morgan fingerprint density at radius 2 is 2.29 bits per heavy atom. The Balaban J connectivity index is 2.18. The van der Waals surface area contributed by atoms with Crippen molar-refractivity contribution in [1.29, 1.82) is 0 Å². The molecule has 1 atom stereocenters. The highest BCUT2D eigenvalue weighted by Crippen LogP contribution is 2.14. The minimum absolute atomic E-state index is 0.105. The molecular weight excluding hydrogens is 226 g/mol. The number of aromatic amines is 1. The van der Waals surface area contributed by atoms with Gasteiger partial charge in [0.05, 0.1) is 12.4 Å². The maximum atomic E-state index is 12.0. The molecule has 1 saturated heterocycles. The van der Waals surface area contributed by atoms with E-state index in [0.29, 0.717) is 19.4 Å². The van der Waals surface area contributed by atoms with Crippen LogP contribution in [0, 0.1) is 0 Å². The zero-order valence-corrected chi connectivity index (χ0v) is 9.09. The number of carboxylic acid groups (broad SMARTS) is 1. The summed E-state index contributed by atoms with van der Waals surface area (Å²) in [6.45, 7) is 0.743. The number of nitrogens with one attached hydrogen (secondary N) is 1. The highest BCUT2D eigenvalue weighted by molar-refractivity contribution is 6.02. The third-order valence-electron chi connectivity index (χ3n) is 2.74. The molecule has 1 unspecified atom stereocenters. The first-order valence-electron chi connectivity index (χ1n) is 5.33. The minimum Gasteiger partial charge on any atom is -0.477 e. The summed E-state index contributed by atoms with van der Waals surface area (Å²) in [5, 5.41) is 18.3. The molecule has 17 heavy (non-hydrogen) atoms. The fourth-order valence-electron chi connectivity index (χ4n) is 1.91. The SMILES string of the molecule is O=C(O)c1[nH]cnc1C(=O)N1CCCC(O)C1. The number of aliphatic hydroxyl groups excluding tert-OH is 1. The topological polar surface area (TPSA) is 107 Å². The van der Waals surface area contributed by atoms with E-state index in [1.54, 1.807) is 0 Å². The molecule has 7 nitrogen and oxygen atoms in total. The van der Waals surface area contributed by atoms with Crippen LogP contribution in [0.5, 0.6) is 0 Å². The Morgan fingerprint density at radius 3 is 2.94 bits per heavy atom. The number of carbonyl (C=O) groups is 2. The van der Waals surface area contributed by atoms with Gasteiger partial charge in [-0.2, -0.15) is 0 Å². The summed E-state index contributed by atoms with van der Waals surface area (Å²) in [4.78, 5) is 30.4. The van der Waals surface area contributed by atoms with Crippen LogP contribution in [0.1, 0.15) is 33.8 Å². The van der Waals surface area contributed by atoms with Crippen molar-refractivity contribution in [1.82, 2.24) is 14.9 Å². The maximum Gasteiger partial charge on any atom is 0.354 e. The maximum absolute atomic E-state index is 12.0. The van der Waals surface area contributed by atoms with Gasteiger partial charge >= 0.3 is 5.97 Å². The van der Waals surface area contributed by atoms with Gasteiger partial charge < -0.3 is 20.1 Å². The third kappa shape index (κ3) is 2.28. The smallest absolute Gasteiger partial charge is 0.354 e. The molecule has 1 amide bonds. The summed E-state index contributed by atoms with van der Waals surface area (Å²) in [5.74, 6) is -1.68. The monoisotopic (exact) mass is 239 g/mol. The number of carboxylic acids is 1. The second kappa shape index (κ2) is 4.54. The summed E-state index contributed by atoms with van der Waals surface area (Å²) < 4.78 is 0. The van der Waals surface area contributed by atoms with Gasteiger partial charge in [-0.1, -0.05) is 0 Å². The second-order valence-electron chi connectivity index (χ2n) is 3.98. The molecule has 1 aromatic heterocycles. The Labute approximate surface area is 97.1 Å². The Kier molecular flexibility index (Phi) is 3.10. The summed E-state index contributed by atoms with van der Waals surface area (Å²) in [6.07, 6.45) is 2.01. The molecule has 1 aromatic rings. The Morgan fingerprint density at radius 1 is 1.53 bits per heavy atom. The third-order valence-corrected chi connectivity index (χ3v) is 2.74. The molecule has 0 radical (unpaired) electrons. The van der Waals surface area contributed by atoms with Crippen LogP contribution in [0.4, 0.5) is 0 Å². The number of piperidine rings is 1. The van der Waals surface area contributed by atoms with Crippen molar-refractivity contribution in [3.63, 3.8) is 0 Å². The van der Waals surface area contributed by atoms with E-state index in [9.17, 15) is 14.7 Å². The van der Waals surface area contributed by atoms with Crippen LogP contribution in [0.15, 0.2) is 6.33 Å². The lowest BCUT2D eigenvalue weighted by molar-refractivity contribution is 0.0464. The van der Waals surface area contributed by atoms with Crippen LogP contribution in [0.25, 0.3) is 0 Å². The van der Waals surface area contributed by atoms with Crippen LogP contribution in [-0.2, 0) is 0 Å². The van der Waals surface area contributed by atoms with Crippen molar-refractivity contribution in [2.24, 2.45) is 0 Å². The van der Waals surface area contributed by atoms with Crippen molar-refractivity contribution in [3.8, 4) is 0 Å². The van der Waals surface area contributed by atoms with E-state index in [4.69, 9.17) is 5.11 Å². The van der Waals surface area contributed by atoms with Crippen LogP contribution < -0.4 is 0 Å². The Bertz CT molecular complexity index is 443. The fraction of sp³-hybridized carbons (Fsp3) is 0.500. The number of rotatable bonds is 2. The first kappa shape index (κ1) is 11.6. The number of amides is 1. The lowest BCUT2D eigenvalue weighted by Crippen LogP contribution is -2.42. The van der Waals surface area contributed by atoms with Gasteiger partial charge in [0.2, 0.25) is 0 Å². The number of imidazole rings is 1. The number of likely N-dealkylation sites (tertiary alicyclic amines) is 1. The second-order valence-corrected chi connectivity index (χ2v) is 3.98. The van der Waals surface area contributed by atoms with Crippen LogP contribution in [0.2, 0.25) is 0 Å². The molecule has 0 bridgehead atoms. The van der Waals surface area contributed by atoms with Crippen molar-refractivity contribution in [2.75, 3.05) is 13.1 Å². The quantitative estimate of drug-likeness (QED) is 0.657. The van der Waals surface area contributed by atoms with Gasteiger partial charge in [0.25, 0.3) is 5.91 Å². The minimum atomic E-state index is -1.22. The first-order valence-corrected chi connectivity index (χ1v) is 5.33. The van der Waals surface area contributed by atoms with E-state index >= 15 is 0 Å². The lowest BCUT2D eigenvalue weighted by atomic mass is 10.1. The number of aromatic carboxylic acids is 1. The molecule has 2 heterocycles. The van der Waals surface area contributed by atoms with E-state index in [0.717, 1.165) is 0 Å². The van der Waals surface area contributed by atoms with Gasteiger partial charge in [-0.3, -0.25) is 4.79 Å². The van der Waals surface area contributed by atoms with Gasteiger partial charge in [0.15, 0.2) is 11.4 Å². The summed E-state index contributed by atoms with van der Waals surface area (Å²) in [6, 6.07) is 0. The molecule has 0 aliphatic carbocycles. The molecule has 7 heteroatoms. The molecule has 92 valence electrons. The average Bonchev–Trinajstić information content (AvgIpc) is 2.77. The van der Waals surface area contributed by atoms with E-state index in [1.165, 1.54) is 11.2 Å². The molecule has 1 aliphatic rings.